The van der Waals surface area contributed by atoms with Crippen molar-refractivity contribution in [2.45, 2.75) is 26.1 Å². The average molecular weight is 187 g/mol. The number of carbonyl (C=O) groups is 1. The van der Waals surface area contributed by atoms with Crippen LogP contribution in [0.4, 0.5) is 4.39 Å². The molecule has 0 aliphatic heterocycles. The number of aromatic nitrogens is 3. The van der Waals surface area contributed by atoms with Crippen molar-refractivity contribution in [3.8, 4) is 0 Å². The molecule has 13 heavy (non-hydrogen) atoms. The Morgan fingerprint density at radius 1 is 1.85 bits per heavy atom. The van der Waals surface area contributed by atoms with Crippen LogP contribution >= 0.6 is 0 Å². The van der Waals surface area contributed by atoms with E-state index in [4.69, 9.17) is 5.11 Å². The minimum atomic E-state index is -0.988. The number of aliphatic carboxylic acids is 1. The summed E-state index contributed by atoms with van der Waals surface area (Å²) >= 11 is 0. The van der Waals surface area contributed by atoms with Crippen LogP contribution in [-0.2, 0) is 11.5 Å². The van der Waals surface area contributed by atoms with Gasteiger partial charge in [0.15, 0.2) is 6.04 Å². The molecular formula is C7H10FN3O2. The van der Waals surface area contributed by atoms with E-state index in [1.54, 1.807) is 6.92 Å². The van der Waals surface area contributed by atoms with Crippen molar-refractivity contribution in [2.75, 3.05) is 0 Å². The van der Waals surface area contributed by atoms with Crippen molar-refractivity contribution in [3.05, 3.63) is 11.9 Å². The largest absolute Gasteiger partial charge is 0.480 e. The third-order valence-electron chi connectivity index (χ3n) is 1.69. The van der Waals surface area contributed by atoms with E-state index in [9.17, 15) is 9.18 Å². The Morgan fingerprint density at radius 3 is 2.92 bits per heavy atom. The molecule has 1 rings (SSSR count). The first-order valence-electron chi connectivity index (χ1n) is 3.88. The lowest BCUT2D eigenvalue weighted by molar-refractivity contribution is -0.141. The van der Waals surface area contributed by atoms with Gasteiger partial charge in [0.25, 0.3) is 0 Å². The Labute approximate surface area is 74.2 Å². The molecule has 0 spiro atoms. The van der Waals surface area contributed by atoms with Gasteiger partial charge in [-0.1, -0.05) is 12.1 Å². The van der Waals surface area contributed by atoms with Gasteiger partial charge in [-0.2, -0.15) is 0 Å². The van der Waals surface area contributed by atoms with E-state index in [0.29, 0.717) is 6.42 Å². The summed E-state index contributed by atoms with van der Waals surface area (Å²) in [5.41, 5.74) is 0.153. The van der Waals surface area contributed by atoms with Crippen LogP contribution in [0.3, 0.4) is 0 Å². The molecule has 6 heteroatoms. The zero-order chi connectivity index (χ0) is 9.84. The van der Waals surface area contributed by atoms with Crippen LogP contribution in [0.15, 0.2) is 6.20 Å². The van der Waals surface area contributed by atoms with Gasteiger partial charge in [-0.15, -0.1) is 5.10 Å². The Bertz CT molecular complexity index is 300. The molecule has 1 heterocycles. The molecule has 1 atom stereocenters. The topological polar surface area (TPSA) is 68.0 Å². The molecule has 72 valence electrons. The van der Waals surface area contributed by atoms with Gasteiger partial charge in [-0.25, -0.2) is 13.9 Å². The monoisotopic (exact) mass is 187 g/mol. The van der Waals surface area contributed by atoms with Crippen LogP contribution < -0.4 is 0 Å². The molecule has 0 radical (unpaired) electrons. The summed E-state index contributed by atoms with van der Waals surface area (Å²) < 4.78 is 13.2. The van der Waals surface area contributed by atoms with Gasteiger partial charge in [-0.3, -0.25) is 0 Å². The Balaban J connectivity index is 2.85. The predicted octanol–water partition coefficient (Wildman–Crippen LogP) is 0.783. The maximum Gasteiger partial charge on any atom is 0.328 e. The molecule has 0 saturated heterocycles. The van der Waals surface area contributed by atoms with E-state index in [1.165, 1.54) is 6.20 Å². The van der Waals surface area contributed by atoms with Crippen LogP contribution in [0.2, 0.25) is 0 Å². The second-order valence-electron chi connectivity index (χ2n) is 2.59. The second kappa shape index (κ2) is 3.97. The molecule has 5 nitrogen and oxygen atoms in total. The lowest BCUT2D eigenvalue weighted by atomic mass is 10.2. The first kappa shape index (κ1) is 9.63. The number of alkyl halides is 1. The summed E-state index contributed by atoms with van der Waals surface area (Å²) in [6.45, 7) is 0.992. The summed E-state index contributed by atoms with van der Waals surface area (Å²) in [5, 5.41) is 15.7. The highest BCUT2D eigenvalue weighted by atomic mass is 19.1. The summed E-state index contributed by atoms with van der Waals surface area (Å²) in [5.74, 6) is -0.988. The number of hydrogen-bond acceptors (Lipinski definition) is 3. The van der Waals surface area contributed by atoms with Crippen molar-refractivity contribution in [1.29, 1.82) is 0 Å². The SMILES string of the molecule is CCC(C(=O)O)n1cc(CF)nn1. The average Bonchev–Trinajstić information content (AvgIpc) is 2.53. The third-order valence-corrected chi connectivity index (χ3v) is 1.69. The molecule has 0 saturated carbocycles. The number of carboxylic acids is 1. The zero-order valence-electron chi connectivity index (χ0n) is 7.14. The van der Waals surface area contributed by atoms with E-state index in [1.807, 2.05) is 0 Å². The Hall–Kier alpha value is -1.46. The van der Waals surface area contributed by atoms with E-state index < -0.39 is 18.7 Å². The van der Waals surface area contributed by atoms with Crippen molar-refractivity contribution < 1.29 is 14.3 Å². The number of nitrogens with zero attached hydrogens (tertiary/aromatic N) is 3. The van der Waals surface area contributed by atoms with Gasteiger partial charge in [0.05, 0.1) is 6.20 Å². The molecule has 0 amide bonds. The first-order valence-corrected chi connectivity index (χ1v) is 3.88. The quantitative estimate of drug-likeness (QED) is 0.756. The number of rotatable bonds is 4. The predicted molar refractivity (Wildman–Crippen MR) is 41.8 cm³/mol. The number of carboxylic acid groups (broad SMARTS) is 1. The van der Waals surface area contributed by atoms with Crippen molar-refractivity contribution >= 4 is 5.97 Å². The highest BCUT2D eigenvalue weighted by Crippen LogP contribution is 2.10. The normalized spacial score (nSPS) is 12.8. The lowest BCUT2D eigenvalue weighted by Crippen LogP contribution is -2.18. The van der Waals surface area contributed by atoms with E-state index in [0.717, 1.165) is 4.68 Å². The summed E-state index contributed by atoms with van der Waals surface area (Å²) in [6, 6.07) is -0.757. The Kier molecular flexibility index (Phi) is 2.94. The minimum Gasteiger partial charge on any atom is -0.480 e. The zero-order valence-corrected chi connectivity index (χ0v) is 7.14. The van der Waals surface area contributed by atoms with E-state index in [-0.39, 0.29) is 5.69 Å². The maximum absolute atomic E-state index is 12.0. The van der Waals surface area contributed by atoms with Gasteiger partial charge in [0.1, 0.15) is 12.4 Å². The summed E-state index contributed by atoms with van der Waals surface area (Å²) in [7, 11) is 0. The molecule has 1 aromatic heterocycles. The maximum atomic E-state index is 12.0. The molecule has 0 fully saturated rings. The fourth-order valence-electron chi connectivity index (χ4n) is 1.00. The molecule has 0 aromatic carbocycles. The molecule has 1 aromatic rings. The van der Waals surface area contributed by atoms with Crippen LogP contribution in [0, 0.1) is 0 Å². The molecule has 1 unspecified atom stereocenters. The number of halogens is 1. The third kappa shape index (κ3) is 2.01. The van der Waals surface area contributed by atoms with Crippen LogP contribution in [0.25, 0.3) is 0 Å². The van der Waals surface area contributed by atoms with Gasteiger partial charge in [0.2, 0.25) is 0 Å². The minimum absolute atomic E-state index is 0.153. The highest BCUT2D eigenvalue weighted by Gasteiger charge is 2.18. The summed E-state index contributed by atoms with van der Waals surface area (Å²) in [4.78, 5) is 10.6. The van der Waals surface area contributed by atoms with Crippen LogP contribution in [0.5, 0.6) is 0 Å². The fraction of sp³-hybridized carbons (Fsp3) is 0.571. The molecule has 1 N–H and O–H groups in total. The molecule has 0 aliphatic carbocycles. The van der Waals surface area contributed by atoms with Crippen molar-refractivity contribution in [3.63, 3.8) is 0 Å². The van der Waals surface area contributed by atoms with Gasteiger partial charge in [-0.05, 0) is 6.42 Å². The van der Waals surface area contributed by atoms with E-state index >= 15 is 0 Å². The van der Waals surface area contributed by atoms with Crippen LogP contribution in [-0.4, -0.2) is 26.1 Å². The second-order valence-corrected chi connectivity index (χ2v) is 2.59. The standard InChI is InChI=1S/C7H10FN3O2/c1-2-6(7(12)13)11-4-5(3-8)9-10-11/h4,6H,2-3H2,1H3,(H,12,13). The molecular weight excluding hydrogens is 177 g/mol. The van der Waals surface area contributed by atoms with Gasteiger partial charge < -0.3 is 5.11 Å². The van der Waals surface area contributed by atoms with E-state index in [2.05, 4.69) is 10.3 Å². The number of hydrogen-bond donors (Lipinski definition) is 1. The van der Waals surface area contributed by atoms with Crippen molar-refractivity contribution in [2.24, 2.45) is 0 Å². The van der Waals surface area contributed by atoms with Gasteiger partial charge in [0, 0.05) is 0 Å². The summed E-state index contributed by atoms with van der Waals surface area (Å²) in [6.07, 6.45) is 1.70. The Morgan fingerprint density at radius 2 is 2.54 bits per heavy atom. The lowest BCUT2D eigenvalue weighted by Gasteiger charge is -2.07. The molecule has 0 aliphatic rings. The first-order chi connectivity index (χ1) is 6.19. The molecule has 0 bridgehead atoms. The van der Waals surface area contributed by atoms with Crippen molar-refractivity contribution in [1.82, 2.24) is 15.0 Å². The van der Waals surface area contributed by atoms with Gasteiger partial charge >= 0.3 is 5.97 Å². The van der Waals surface area contributed by atoms with Crippen LogP contribution in [0.1, 0.15) is 25.1 Å². The smallest absolute Gasteiger partial charge is 0.328 e. The fourth-order valence-corrected chi connectivity index (χ4v) is 1.00. The highest BCUT2D eigenvalue weighted by molar-refractivity contribution is 5.71.